The van der Waals surface area contributed by atoms with Crippen LogP contribution >= 0.6 is 12.2 Å². The Hall–Kier alpha value is -3.00. The van der Waals surface area contributed by atoms with Crippen molar-refractivity contribution in [2.75, 3.05) is 7.11 Å². The van der Waals surface area contributed by atoms with E-state index in [1.165, 1.54) is 12.3 Å². The molecule has 0 amide bonds. The first-order chi connectivity index (χ1) is 12.5. The van der Waals surface area contributed by atoms with Crippen LogP contribution in [0.1, 0.15) is 23.6 Å². The van der Waals surface area contributed by atoms with Crippen LogP contribution in [0.15, 0.2) is 47.6 Å². The molecule has 0 aromatic heterocycles. The molecule has 0 unspecified atom stereocenters. The minimum Gasteiger partial charge on any atom is -0.497 e. The zero-order chi connectivity index (χ0) is 18.9. The van der Waals surface area contributed by atoms with Crippen molar-refractivity contribution in [2.24, 2.45) is 5.10 Å². The Bertz CT molecular complexity index is 807. The Morgan fingerprint density at radius 1 is 1.31 bits per heavy atom. The fraction of sp³-hybridized carbons (Fsp3) is 0.222. The summed E-state index contributed by atoms with van der Waals surface area (Å²) in [6.45, 7) is 2.42. The van der Waals surface area contributed by atoms with E-state index in [0.29, 0.717) is 29.2 Å². The molecule has 7 nitrogen and oxygen atoms in total. The van der Waals surface area contributed by atoms with Gasteiger partial charge in [-0.25, -0.2) is 0 Å². The van der Waals surface area contributed by atoms with Crippen LogP contribution in [-0.4, -0.2) is 23.4 Å². The van der Waals surface area contributed by atoms with Gasteiger partial charge in [0.25, 0.3) is 5.69 Å². The molecule has 0 saturated heterocycles. The van der Waals surface area contributed by atoms with Crippen LogP contribution in [0.5, 0.6) is 5.75 Å². The van der Waals surface area contributed by atoms with Gasteiger partial charge in [-0.15, -0.1) is 0 Å². The Morgan fingerprint density at radius 3 is 2.65 bits per heavy atom. The molecule has 0 aliphatic carbocycles. The Morgan fingerprint density at radius 2 is 2.04 bits per heavy atom. The molecule has 2 aromatic rings. The zero-order valence-corrected chi connectivity index (χ0v) is 15.4. The summed E-state index contributed by atoms with van der Waals surface area (Å²) in [5.41, 5.74) is 5.15. The molecule has 0 aliphatic heterocycles. The third-order valence-corrected chi connectivity index (χ3v) is 3.91. The maximum Gasteiger partial charge on any atom is 0.273 e. The maximum atomic E-state index is 11.1. The number of nitro groups is 1. The SMILES string of the molecule is CCc1ccc(/C=N\NC(=S)NCc2ccc(OC)cc2)cc1[N+](=O)[O-]. The van der Waals surface area contributed by atoms with Crippen LogP contribution < -0.4 is 15.5 Å². The van der Waals surface area contributed by atoms with Crippen LogP contribution in [0.3, 0.4) is 0 Å². The van der Waals surface area contributed by atoms with Crippen molar-refractivity contribution in [2.45, 2.75) is 19.9 Å². The van der Waals surface area contributed by atoms with Gasteiger partial charge in [0, 0.05) is 23.7 Å². The molecule has 2 N–H and O–H groups in total. The van der Waals surface area contributed by atoms with Crippen LogP contribution in [0.25, 0.3) is 0 Å². The van der Waals surface area contributed by atoms with Crippen molar-refractivity contribution in [3.8, 4) is 5.75 Å². The van der Waals surface area contributed by atoms with Crippen LogP contribution in [-0.2, 0) is 13.0 Å². The van der Waals surface area contributed by atoms with Crippen molar-refractivity contribution in [3.63, 3.8) is 0 Å². The molecule has 0 aliphatic rings. The molecule has 0 saturated carbocycles. The first-order valence-corrected chi connectivity index (χ1v) is 8.41. The first-order valence-electron chi connectivity index (χ1n) is 8.00. The van der Waals surface area contributed by atoms with E-state index in [4.69, 9.17) is 17.0 Å². The second-order valence-corrected chi connectivity index (χ2v) is 5.81. The molecule has 2 rings (SSSR count). The molecule has 0 spiro atoms. The molecule has 0 fully saturated rings. The van der Waals surface area contributed by atoms with Gasteiger partial charge >= 0.3 is 0 Å². The number of thiocarbonyl (C=S) groups is 1. The summed E-state index contributed by atoms with van der Waals surface area (Å²) in [6, 6.07) is 12.6. The average molecular weight is 372 g/mol. The number of nitrogens with one attached hydrogen (secondary N) is 2. The van der Waals surface area contributed by atoms with Gasteiger partial charge in [0.15, 0.2) is 5.11 Å². The van der Waals surface area contributed by atoms with E-state index in [1.54, 1.807) is 19.2 Å². The van der Waals surface area contributed by atoms with E-state index in [-0.39, 0.29) is 10.6 Å². The number of rotatable bonds is 7. The van der Waals surface area contributed by atoms with E-state index in [2.05, 4.69) is 15.8 Å². The average Bonchev–Trinajstić information content (AvgIpc) is 2.66. The second-order valence-electron chi connectivity index (χ2n) is 5.40. The van der Waals surface area contributed by atoms with Gasteiger partial charge in [-0.3, -0.25) is 15.5 Å². The molecular formula is C18H20N4O3S. The third kappa shape index (κ3) is 5.52. The number of nitrogens with zero attached hydrogens (tertiary/aromatic N) is 2. The summed E-state index contributed by atoms with van der Waals surface area (Å²) in [5.74, 6) is 0.794. The van der Waals surface area contributed by atoms with Crippen LogP contribution in [0, 0.1) is 10.1 Å². The van der Waals surface area contributed by atoms with Gasteiger partial charge < -0.3 is 10.1 Å². The van der Waals surface area contributed by atoms with Crippen molar-refractivity contribution in [1.82, 2.24) is 10.7 Å². The molecule has 2 aromatic carbocycles. The van der Waals surface area contributed by atoms with Crippen molar-refractivity contribution in [3.05, 3.63) is 69.3 Å². The Kier molecular flexibility index (Phi) is 7.04. The summed E-state index contributed by atoms with van der Waals surface area (Å²) in [5, 5.41) is 18.5. The molecule has 8 heteroatoms. The Labute approximate surface area is 157 Å². The number of hydrogen-bond donors (Lipinski definition) is 2. The molecular weight excluding hydrogens is 352 g/mol. The highest BCUT2D eigenvalue weighted by molar-refractivity contribution is 7.80. The number of methoxy groups -OCH3 is 1. The number of benzene rings is 2. The number of hydrazone groups is 1. The van der Waals surface area contributed by atoms with E-state index < -0.39 is 0 Å². The van der Waals surface area contributed by atoms with Gasteiger partial charge in [0.1, 0.15) is 5.75 Å². The smallest absolute Gasteiger partial charge is 0.273 e. The van der Waals surface area contributed by atoms with Crippen molar-refractivity contribution in [1.29, 1.82) is 0 Å². The number of hydrogen-bond acceptors (Lipinski definition) is 5. The normalized spacial score (nSPS) is 10.5. The molecule has 26 heavy (non-hydrogen) atoms. The predicted octanol–water partition coefficient (Wildman–Crippen LogP) is 3.16. The van der Waals surface area contributed by atoms with E-state index in [9.17, 15) is 10.1 Å². The van der Waals surface area contributed by atoms with Gasteiger partial charge in [0.2, 0.25) is 0 Å². The quantitative estimate of drug-likeness (QED) is 0.336. The fourth-order valence-electron chi connectivity index (χ4n) is 2.26. The number of nitro benzene ring substituents is 1. The highest BCUT2D eigenvalue weighted by atomic mass is 32.1. The molecule has 136 valence electrons. The number of aryl methyl sites for hydroxylation is 1. The summed E-state index contributed by atoms with van der Waals surface area (Å²) in [7, 11) is 1.62. The minimum atomic E-state index is -0.384. The molecule has 0 atom stereocenters. The van der Waals surface area contributed by atoms with Gasteiger partial charge in [0.05, 0.1) is 18.2 Å². The lowest BCUT2D eigenvalue weighted by atomic mass is 10.1. The largest absolute Gasteiger partial charge is 0.497 e. The number of ether oxygens (including phenoxy) is 1. The van der Waals surface area contributed by atoms with Crippen LogP contribution in [0.4, 0.5) is 5.69 Å². The summed E-state index contributed by atoms with van der Waals surface area (Å²) < 4.78 is 5.11. The highest BCUT2D eigenvalue weighted by Crippen LogP contribution is 2.20. The standard InChI is InChI=1S/C18H20N4O3S/c1-3-15-7-4-14(10-17(15)22(23)24)12-20-21-18(26)19-11-13-5-8-16(25-2)9-6-13/h4-10,12H,3,11H2,1-2H3,(H2,19,21,26)/b20-12-. The summed E-state index contributed by atoms with van der Waals surface area (Å²) >= 11 is 5.16. The van der Waals surface area contributed by atoms with Crippen molar-refractivity contribution >= 4 is 29.2 Å². The third-order valence-electron chi connectivity index (χ3n) is 3.68. The summed E-state index contributed by atoms with van der Waals surface area (Å²) in [4.78, 5) is 10.7. The fourth-order valence-corrected chi connectivity index (χ4v) is 2.39. The molecule has 0 bridgehead atoms. The minimum absolute atomic E-state index is 0.0941. The van der Waals surface area contributed by atoms with E-state index in [1.807, 2.05) is 31.2 Å². The van der Waals surface area contributed by atoms with E-state index in [0.717, 1.165) is 11.3 Å². The van der Waals surface area contributed by atoms with E-state index >= 15 is 0 Å². The second kappa shape index (κ2) is 9.47. The van der Waals surface area contributed by atoms with Gasteiger partial charge in [-0.1, -0.05) is 31.2 Å². The lowest BCUT2D eigenvalue weighted by Gasteiger charge is -2.07. The zero-order valence-electron chi connectivity index (χ0n) is 14.6. The maximum absolute atomic E-state index is 11.1. The van der Waals surface area contributed by atoms with Gasteiger partial charge in [-0.05, 0) is 36.3 Å². The Balaban J connectivity index is 1.88. The predicted molar refractivity (Wildman–Crippen MR) is 106 cm³/mol. The topological polar surface area (TPSA) is 88.8 Å². The molecule has 0 radical (unpaired) electrons. The highest BCUT2D eigenvalue weighted by Gasteiger charge is 2.12. The monoisotopic (exact) mass is 372 g/mol. The first kappa shape index (κ1) is 19.3. The molecule has 0 heterocycles. The van der Waals surface area contributed by atoms with Gasteiger partial charge in [-0.2, -0.15) is 5.10 Å². The summed E-state index contributed by atoms with van der Waals surface area (Å²) in [6.07, 6.45) is 2.10. The lowest BCUT2D eigenvalue weighted by molar-refractivity contribution is -0.385. The lowest BCUT2D eigenvalue weighted by Crippen LogP contribution is -2.31. The van der Waals surface area contributed by atoms with Crippen LogP contribution in [0.2, 0.25) is 0 Å². The van der Waals surface area contributed by atoms with Crippen molar-refractivity contribution < 1.29 is 9.66 Å².